The number of nitrogens with one attached hydrogen (secondary N) is 1. The maximum atomic E-state index is 11.5. The summed E-state index contributed by atoms with van der Waals surface area (Å²) in [5, 5.41) is 8.02. The molecule has 0 atom stereocenters. The summed E-state index contributed by atoms with van der Waals surface area (Å²) in [7, 11) is 0. The highest BCUT2D eigenvalue weighted by atomic mass is 35.5. The molecule has 2 heterocycles. The van der Waals surface area contributed by atoms with Crippen molar-refractivity contribution in [3.8, 4) is 5.82 Å². The number of nitrogens with zero attached hydrogens (tertiary/aromatic N) is 4. The van der Waals surface area contributed by atoms with E-state index in [0.29, 0.717) is 22.2 Å². The van der Waals surface area contributed by atoms with Gasteiger partial charge in [0.25, 0.3) is 0 Å². The van der Waals surface area contributed by atoms with Gasteiger partial charge in [-0.1, -0.05) is 17.7 Å². The van der Waals surface area contributed by atoms with E-state index in [1.807, 2.05) is 19.1 Å². The quantitative estimate of drug-likeness (QED) is 0.742. The summed E-state index contributed by atoms with van der Waals surface area (Å²) >= 11 is 5.97. The molecule has 3 rings (SSSR count). The van der Waals surface area contributed by atoms with E-state index in [-0.39, 0.29) is 5.78 Å². The van der Waals surface area contributed by atoms with Crippen molar-refractivity contribution in [3.63, 3.8) is 0 Å². The van der Waals surface area contributed by atoms with Crippen LogP contribution in [0.15, 0.2) is 42.9 Å². The fraction of sp³-hybridized carbons (Fsp3) is 0.125. The number of aromatic nitrogens is 4. The summed E-state index contributed by atoms with van der Waals surface area (Å²) < 4.78 is 1.61. The van der Waals surface area contributed by atoms with E-state index >= 15 is 0 Å². The van der Waals surface area contributed by atoms with Crippen LogP contribution in [0.4, 0.5) is 11.5 Å². The average Bonchev–Trinajstić information content (AvgIpc) is 2.89. The van der Waals surface area contributed by atoms with Crippen LogP contribution in [-0.2, 0) is 0 Å². The third-order valence-electron chi connectivity index (χ3n) is 3.36. The van der Waals surface area contributed by atoms with Crippen molar-refractivity contribution < 1.29 is 4.79 Å². The van der Waals surface area contributed by atoms with E-state index < -0.39 is 0 Å². The third kappa shape index (κ3) is 3.22. The highest BCUT2D eigenvalue weighted by Crippen LogP contribution is 2.20. The van der Waals surface area contributed by atoms with Gasteiger partial charge in [0.15, 0.2) is 11.6 Å². The van der Waals surface area contributed by atoms with Crippen molar-refractivity contribution in [2.24, 2.45) is 0 Å². The van der Waals surface area contributed by atoms with Crippen LogP contribution in [0.25, 0.3) is 5.82 Å². The number of hydrogen-bond donors (Lipinski definition) is 1. The number of carbonyl (C=O) groups excluding carboxylic acids is 1. The van der Waals surface area contributed by atoms with Gasteiger partial charge in [-0.15, -0.1) is 0 Å². The van der Waals surface area contributed by atoms with Gasteiger partial charge in [-0.25, -0.2) is 14.6 Å². The van der Waals surface area contributed by atoms with Crippen LogP contribution in [0, 0.1) is 6.92 Å². The summed E-state index contributed by atoms with van der Waals surface area (Å²) in [6.45, 7) is 3.34. The molecular formula is C16H14ClN5O. The number of benzene rings is 1. The van der Waals surface area contributed by atoms with Crippen molar-refractivity contribution in [1.29, 1.82) is 0 Å². The topological polar surface area (TPSA) is 72.7 Å². The van der Waals surface area contributed by atoms with Crippen molar-refractivity contribution in [1.82, 2.24) is 19.7 Å². The Morgan fingerprint density at radius 2 is 2.09 bits per heavy atom. The lowest BCUT2D eigenvalue weighted by Gasteiger charge is -2.08. The molecule has 6 nitrogen and oxygen atoms in total. The van der Waals surface area contributed by atoms with Gasteiger partial charge >= 0.3 is 0 Å². The van der Waals surface area contributed by atoms with E-state index in [0.717, 1.165) is 11.4 Å². The lowest BCUT2D eigenvalue weighted by Crippen LogP contribution is -2.05. The molecular weight excluding hydrogens is 314 g/mol. The first-order valence-electron chi connectivity index (χ1n) is 6.95. The lowest BCUT2D eigenvalue weighted by atomic mass is 10.2. The zero-order chi connectivity index (χ0) is 16.4. The van der Waals surface area contributed by atoms with Gasteiger partial charge in [0.2, 0.25) is 0 Å². The van der Waals surface area contributed by atoms with Crippen LogP contribution >= 0.6 is 11.6 Å². The SMILES string of the molecule is CC(=O)c1cnn(-c2cc(Nc3cccc(Cl)c3)ncn2)c1C. The minimum Gasteiger partial charge on any atom is -0.340 e. The molecule has 0 aliphatic carbocycles. The van der Waals surface area contributed by atoms with Crippen molar-refractivity contribution in [2.75, 3.05) is 5.32 Å². The van der Waals surface area contributed by atoms with Crippen LogP contribution in [0.1, 0.15) is 23.0 Å². The van der Waals surface area contributed by atoms with Crippen LogP contribution in [-0.4, -0.2) is 25.5 Å². The molecule has 23 heavy (non-hydrogen) atoms. The van der Waals surface area contributed by atoms with Gasteiger partial charge < -0.3 is 5.32 Å². The molecule has 0 unspecified atom stereocenters. The molecule has 1 aromatic carbocycles. The van der Waals surface area contributed by atoms with E-state index in [9.17, 15) is 4.79 Å². The minimum atomic E-state index is -0.0277. The van der Waals surface area contributed by atoms with Gasteiger partial charge in [-0.05, 0) is 32.0 Å². The Hall–Kier alpha value is -2.73. The molecule has 0 saturated carbocycles. The van der Waals surface area contributed by atoms with E-state index in [1.54, 1.807) is 29.1 Å². The molecule has 1 N–H and O–H groups in total. The molecule has 0 saturated heterocycles. The second-order valence-corrected chi connectivity index (χ2v) is 5.44. The zero-order valence-electron chi connectivity index (χ0n) is 12.6. The zero-order valence-corrected chi connectivity index (χ0v) is 13.4. The van der Waals surface area contributed by atoms with Crippen molar-refractivity contribution in [3.05, 3.63) is 59.1 Å². The molecule has 0 spiro atoms. The summed E-state index contributed by atoms with van der Waals surface area (Å²) in [4.78, 5) is 19.9. The molecule has 0 fully saturated rings. The Balaban J connectivity index is 1.92. The number of rotatable bonds is 4. The highest BCUT2D eigenvalue weighted by molar-refractivity contribution is 6.30. The van der Waals surface area contributed by atoms with Gasteiger partial charge in [0.05, 0.1) is 17.5 Å². The average molecular weight is 328 g/mol. The summed E-state index contributed by atoms with van der Waals surface area (Å²) in [6, 6.07) is 9.10. The van der Waals surface area contributed by atoms with Crippen LogP contribution < -0.4 is 5.32 Å². The second-order valence-electron chi connectivity index (χ2n) is 5.01. The molecule has 116 valence electrons. The highest BCUT2D eigenvalue weighted by Gasteiger charge is 2.12. The predicted octanol–water partition coefficient (Wildman–Crippen LogP) is 3.57. The standard InChI is InChI=1S/C16H14ClN5O/c1-10-14(11(2)23)8-20-22(10)16-7-15(18-9-19-16)21-13-5-3-4-12(17)6-13/h3-9H,1-2H3,(H,18,19,21). The monoisotopic (exact) mass is 327 g/mol. The first-order valence-corrected chi connectivity index (χ1v) is 7.33. The number of Topliss-reactive ketones (excluding diaryl/α,β-unsaturated/α-hetero) is 1. The fourth-order valence-corrected chi connectivity index (χ4v) is 2.42. The van der Waals surface area contributed by atoms with Crippen LogP contribution in [0.3, 0.4) is 0 Å². The summed E-state index contributed by atoms with van der Waals surface area (Å²) in [5.74, 6) is 1.16. The molecule has 0 aliphatic heterocycles. The second kappa shape index (κ2) is 6.18. The molecule has 0 aliphatic rings. The van der Waals surface area contributed by atoms with E-state index in [4.69, 9.17) is 11.6 Å². The van der Waals surface area contributed by atoms with Crippen molar-refractivity contribution >= 4 is 28.9 Å². The summed E-state index contributed by atoms with van der Waals surface area (Å²) in [6.07, 6.45) is 2.99. The first kappa shape index (κ1) is 15.2. The number of halogens is 1. The predicted molar refractivity (Wildman–Crippen MR) is 88.6 cm³/mol. The number of anilines is 2. The Labute approximate surface area is 138 Å². The Bertz CT molecular complexity index is 874. The molecule has 2 aromatic heterocycles. The lowest BCUT2D eigenvalue weighted by molar-refractivity contribution is 0.101. The van der Waals surface area contributed by atoms with Crippen molar-refractivity contribution in [2.45, 2.75) is 13.8 Å². The van der Waals surface area contributed by atoms with Gasteiger partial charge in [0.1, 0.15) is 12.1 Å². The van der Waals surface area contributed by atoms with Gasteiger partial charge in [-0.3, -0.25) is 4.79 Å². The molecule has 7 heteroatoms. The van der Waals surface area contributed by atoms with E-state index in [2.05, 4.69) is 20.4 Å². The maximum Gasteiger partial charge on any atom is 0.163 e. The molecule has 0 bridgehead atoms. The number of ketones is 1. The minimum absolute atomic E-state index is 0.0277. The first-order chi connectivity index (χ1) is 11.0. The number of hydrogen-bond acceptors (Lipinski definition) is 5. The molecule has 0 amide bonds. The Kier molecular flexibility index (Phi) is 4.08. The van der Waals surface area contributed by atoms with Gasteiger partial charge in [-0.2, -0.15) is 5.10 Å². The maximum absolute atomic E-state index is 11.5. The number of carbonyl (C=O) groups is 1. The van der Waals surface area contributed by atoms with E-state index in [1.165, 1.54) is 13.3 Å². The van der Waals surface area contributed by atoms with Crippen LogP contribution in [0.5, 0.6) is 0 Å². The molecule has 3 aromatic rings. The Morgan fingerprint density at radius 1 is 1.26 bits per heavy atom. The van der Waals surface area contributed by atoms with Crippen LogP contribution in [0.2, 0.25) is 5.02 Å². The van der Waals surface area contributed by atoms with Gasteiger partial charge in [0, 0.05) is 16.8 Å². The smallest absolute Gasteiger partial charge is 0.163 e. The Morgan fingerprint density at radius 3 is 2.78 bits per heavy atom. The largest absolute Gasteiger partial charge is 0.340 e. The fourth-order valence-electron chi connectivity index (χ4n) is 2.23. The normalized spacial score (nSPS) is 10.6. The molecule has 0 radical (unpaired) electrons. The third-order valence-corrected chi connectivity index (χ3v) is 3.59. The summed E-state index contributed by atoms with van der Waals surface area (Å²) in [5.41, 5.74) is 2.14.